The number of hydrogen-bond acceptors (Lipinski definition) is 1. The summed E-state index contributed by atoms with van der Waals surface area (Å²) < 4.78 is 9.65. The van der Waals surface area contributed by atoms with E-state index >= 15 is 0 Å². The van der Waals surface area contributed by atoms with Crippen molar-refractivity contribution in [1.29, 1.82) is 0 Å². The molecule has 16 rings (SSSR count). The average Bonchev–Trinajstić information content (AvgIpc) is 4.24. The molecule has 6 heterocycles. The number of aromatic nitrogens is 6. The lowest BCUT2D eigenvalue weighted by Gasteiger charge is -2.16. The Hall–Kier alpha value is -9.65. The van der Waals surface area contributed by atoms with Gasteiger partial charge in [0.1, 0.15) is 11.6 Å². The summed E-state index contributed by atoms with van der Waals surface area (Å²) in [5.74, 6) is 1.67. The van der Waals surface area contributed by atoms with Crippen molar-refractivity contribution in [2.24, 2.45) is 0 Å². The second-order valence-electron chi connectivity index (χ2n) is 18.8. The van der Waals surface area contributed by atoms with Crippen molar-refractivity contribution >= 4 is 109 Å². The zero-order valence-electron chi connectivity index (χ0n) is 38.3. The molecular weight excluding hydrogens is 865 g/mol. The molecule has 0 spiro atoms. The van der Waals surface area contributed by atoms with Crippen LogP contribution in [-0.2, 0) is 0 Å². The summed E-state index contributed by atoms with van der Waals surface area (Å²) in [6.45, 7) is 0. The number of aromatic amines is 1. The van der Waals surface area contributed by atoms with E-state index in [1.54, 1.807) is 0 Å². The van der Waals surface area contributed by atoms with E-state index in [0.717, 1.165) is 78.3 Å². The first-order chi connectivity index (χ1) is 35.2. The van der Waals surface area contributed by atoms with Crippen LogP contribution < -0.4 is 0 Å². The van der Waals surface area contributed by atoms with E-state index in [-0.39, 0.29) is 0 Å². The monoisotopic (exact) mass is 904 g/mol. The van der Waals surface area contributed by atoms with Gasteiger partial charge in [0.15, 0.2) is 0 Å². The van der Waals surface area contributed by atoms with E-state index in [9.17, 15) is 0 Å². The minimum Gasteiger partial charge on any atom is -0.353 e. The minimum absolute atomic E-state index is 0.835. The topological polar surface area (TPSA) is 48.4 Å². The second kappa shape index (κ2) is 14.4. The van der Waals surface area contributed by atoms with Crippen molar-refractivity contribution < 1.29 is 0 Å². The van der Waals surface area contributed by atoms with E-state index in [1.165, 1.54) is 64.9 Å². The Morgan fingerprint density at radius 2 is 0.662 bits per heavy atom. The Morgan fingerprint density at radius 1 is 0.268 bits per heavy atom. The lowest BCUT2D eigenvalue weighted by Crippen LogP contribution is -2.05. The normalized spacial score (nSPS) is 12.2. The number of hydrogen-bond donors (Lipinski definition) is 1. The minimum atomic E-state index is 0.835. The number of para-hydroxylation sites is 7. The highest BCUT2D eigenvalue weighted by Gasteiger charge is 2.24. The molecule has 6 aromatic heterocycles. The summed E-state index contributed by atoms with van der Waals surface area (Å²) >= 11 is 0. The predicted octanol–water partition coefficient (Wildman–Crippen LogP) is 16.8. The fraction of sp³-hybridized carbons (Fsp3) is 0. The van der Waals surface area contributed by atoms with E-state index in [4.69, 9.17) is 4.98 Å². The van der Waals surface area contributed by atoms with E-state index in [1.807, 2.05) is 0 Å². The molecular formula is C65H40N6. The van der Waals surface area contributed by atoms with Gasteiger partial charge in [-0.3, -0.25) is 9.13 Å². The van der Waals surface area contributed by atoms with Crippen LogP contribution in [0.2, 0.25) is 0 Å². The SMILES string of the molecule is c1ccc(-n2c3ccccc3c3ccc4c5ccccc5n(-c5cc(-c6ccc(-n7c8ccccc8c8ccccc87)cc6)cc(-n6c7ccccc7c7ccc8c9ccccc9[nH]c8c76)n5)c4c32)cc1. The van der Waals surface area contributed by atoms with Crippen LogP contribution >= 0.6 is 0 Å². The van der Waals surface area contributed by atoms with Gasteiger partial charge in [-0.25, -0.2) is 4.98 Å². The van der Waals surface area contributed by atoms with Gasteiger partial charge >= 0.3 is 0 Å². The van der Waals surface area contributed by atoms with Crippen LogP contribution in [0.3, 0.4) is 0 Å². The fourth-order valence-electron chi connectivity index (χ4n) is 12.1. The lowest BCUT2D eigenvalue weighted by atomic mass is 10.1. The van der Waals surface area contributed by atoms with Crippen molar-refractivity contribution in [3.8, 4) is 34.1 Å². The molecule has 0 fully saturated rings. The van der Waals surface area contributed by atoms with Crippen molar-refractivity contribution in [2.75, 3.05) is 0 Å². The maximum Gasteiger partial charge on any atom is 0.140 e. The number of nitrogens with one attached hydrogen (secondary N) is 1. The molecule has 6 heteroatoms. The van der Waals surface area contributed by atoms with Gasteiger partial charge in [-0.15, -0.1) is 0 Å². The molecule has 0 amide bonds. The summed E-state index contributed by atoms with van der Waals surface area (Å²) in [6.07, 6.45) is 0. The molecule has 0 aliphatic heterocycles. The number of fused-ring (bicyclic) bond motifs is 17. The van der Waals surface area contributed by atoms with Crippen molar-refractivity contribution in [3.05, 3.63) is 237 Å². The Morgan fingerprint density at radius 3 is 1.23 bits per heavy atom. The van der Waals surface area contributed by atoms with Crippen LogP contribution in [0.25, 0.3) is 143 Å². The Labute approximate surface area is 406 Å². The molecule has 330 valence electrons. The van der Waals surface area contributed by atoms with E-state index < -0.39 is 0 Å². The zero-order chi connectivity index (χ0) is 46.3. The molecule has 0 saturated carbocycles. The lowest BCUT2D eigenvalue weighted by molar-refractivity contribution is 1.01. The van der Waals surface area contributed by atoms with Crippen molar-refractivity contribution in [1.82, 2.24) is 28.2 Å². The van der Waals surface area contributed by atoms with Gasteiger partial charge in [-0.05, 0) is 83.9 Å². The molecule has 0 saturated heterocycles. The highest BCUT2D eigenvalue weighted by molar-refractivity contribution is 6.25. The molecule has 1 N–H and O–H groups in total. The summed E-state index contributed by atoms with van der Waals surface area (Å²) in [7, 11) is 0. The molecule has 0 radical (unpaired) electrons. The molecule has 6 nitrogen and oxygen atoms in total. The van der Waals surface area contributed by atoms with Gasteiger partial charge in [0.25, 0.3) is 0 Å². The van der Waals surface area contributed by atoms with Gasteiger partial charge in [-0.2, -0.15) is 0 Å². The Kier molecular flexibility index (Phi) is 7.79. The van der Waals surface area contributed by atoms with Crippen molar-refractivity contribution in [3.63, 3.8) is 0 Å². The molecule has 10 aromatic carbocycles. The largest absolute Gasteiger partial charge is 0.353 e. The van der Waals surface area contributed by atoms with Crippen LogP contribution in [0.5, 0.6) is 0 Å². The highest BCUT2D eigenvalue weighted by Crippen LogP contribution is 2.44. The molecule has 0 aliphatic carbocycles. The quantitative estimate of drug-likeness (QED) is 0.184. The van der Waals surface area contributed by atoms with Crippen LogP contribution in [0, 0.1) is 0 Å². The van der Waals surface area contributed by atoms with Gasteiger partial charge in [-0.1, -0.05) is 164 Å². The number of benzene rings is 10. The zero-order valence-corrected chi connectivity index (χ0v) is 38.3. The van der Waals surface area contributed by atoms with Crippen LogP contribution in [0.15, 0.2) is 237 Å². The Balaban J connectivity index is 1.03. The summed E-state index contributed by atoms with van der Waals surface area (Å²) in [4.78, 5) is 9.76. The molecule has 71 heavy (non-hydrogen) atoms. The van der Waals surface area contributed by atoms with Gasteiger partial charge < -0.3 is 14.1 Å². The number of nitrogens with zero attached hydrogens (tertiary/aromatic N) is 5. The average molecular weight is 905 g/mol. The van der Waals surface area contributed by atoms with Gasteiger partial charge in [0.2, 0.25) is 0 Å². The molecule has 16 aromatic rings. The van der Waals surface area contributed by atoms with Crippen molar-refractivity contribution in [2.45, 2.75) is 0 Å². The third kappa shape index (κ3) is 5.33. The predicted molar refractivity (Wildman–Crippen MR) is 296 cm³/mol. The number of pyridine rings is 1. The molecule has 0 atom stereocenters. The van der Waals surface area contributed by atoms with Gasteiger partial charge in [0, 0.05) is 70.8 Å². The summed E-state index contributed by atoms with van der Waals surface area (Å²) in [6, 6.07) is 86.1. The van der Waals surface area contributed by atoms with Crippen LogP contribution in [0.1, 0.15) is 0 Å². The van der Waals surface area contributed by atoms with E-state index in [0.29, 0.717) is 0 Å². The maximum absolute atomic E-state index is 5.89. The van der Waals surface area contributed by atoms with E-state index in [2.05, 4.69) is 260 Å². The first kappa shape index (κ1) is 38.3. The molecule has 0 aliphatic rings. The third-order valence-corrected chi connectivity index (χ3v) is 15.1. The molecule has 0 bridgehead atoms. The Bertz CT molecular complexity index is 4810. The number of H-pyrrole nitrogens is 1. The smallest absolute Gasteiger partial charge is 0.140 e. The first-order valence-corrected chi connectivity index (χ1v) is 24.3. The number of rotatable bonds is 5. The van der Waals surface area contributed by atoms with Crippen LogP contribution in [-0.4, -0.2) is 28.2 Å². The first-order valence-electron chi connectivity index (χ1n) is 24.3. The standard InChI is InChI=1S/C65H40N6/c1-2-16-42(17-3-1)69-57-27-13-7-22-48(57)52-36-37-53-49-23-9-15-29-59(49)71(65(53)64(52)69)61-39-41(40-30-32-43(33-31-40)68-55-25-11-5-19-45(55)46-20-6-12-26-56(46)68)38-60(67-61)70-58-28-14-8-21-47(58)51-35-34-50-44-18-4-10-24-54(44)66-62(50)63(51)70/h1-39,66H. The van der Waals surface area contributed by atoms with Crippen LogP contribution in [0.4, 0.5) is 0 Å². The summed E-state index contributed by atoms with van der Waals surface area (Å²) in [5.41, 5.74) is 15.7. The molecule has 0 unspecified atom stereocenters. The van der Waals surface area contributed by atoms with Gasteiger partial charge in [0.05, 0.1) is 49.7 Å². The second-order valence-corrected chi connectivity index (χ2v) is 18.8. The third-order valence-electron chi connectivity index (χ3n) is 15.1. The fourth-order valence-corrected chi connectivity index (χ4v) is 12.1. The maximum atomic E-state index is 5.89. The highest BCUT2D eigenvalue weighted by atomic mass is 15.2. The summed E-state index contributed by atoms with van der Waals surface area (Å²) in [5, 5.41) is 12.0.